The number of likely N-dealkylation sites (N-methyl/N-ethyl adjacent to an activating group) is 1. The molecule has 2 saturated heterocycles. The van der Waals surface area contributed by atoms with Crippen LogP contribution in [-0.4, -0.2) is 62.5 Å². The molecule has 2 aromatic rings. The van der Waals surface area contributed by atoms with E-state index in [9.17, 15) is 4.79 Å². The van der Waals surface area contributed by atoms with Crippen molar-refractivity contribution in [2.45, 2.75) is 24.8 Å². The Morgan fingerprint density at radius 1 is 1.09 bits per heavy atom. The van der Waals surface area contributed by atoms with Crippen LogP contribution in [0.5, 0.6) is 0 Å². The number of pyridine rings is 1. The normalized spacial score (nSPS) is 21.7. The fraction of sp³-hybridized carbons (Fsp3) is 0.440. The van der Waals surface area contributed by atoms with Crippen LogP contribution in [0, 0.1) is 0 Å². The summed E-state index contributed by atoms with van der Waals surface area (Å²) in [6, 6.07) is 10.4. The van der Waals surface area contributed by atoms with E-state index in [0.29, 0.717) is 5.92 Å². The summed E-state index contributed by atoms with van der Waals surface area (Å²) in [5.41, 5.74) is 4.34. The van der Waals surface area contributed by atoms with Gasteiger partial charge in [-0.2, -0.15) is 0 Å². The Labute approximate surface area is 189 Å². The molecular weight excluding hydrogens is 400 g/mol. The topological polar surface area (TPSA) is 72.5 Å². The largest absolute Gasteiger partial charge is 0.378 e. The molecule has 0 bridgehead atoms. The third kappa shape index (κ3) is 4.36. The van der Waals surface area contributed by atoms with Gasteiger partial charge in [0.05, 0.1) is 0 Å². The van der Waals surface area contributed by atoms with Gasteiger partial charge in [0.15, 0.2) is 0 Å². The van der Waals surface area contributed by atoms with Crippen LogP contribution in [0.25, 0.3) is 6.08 Å². The average Bonchev–Trinajstić information content (AvgIpc) is 2.85. The Kier molecular flexibility index (Phi) is 6.10. The molecule has 1 aromatic carbocycles. The van der Waals surface area contributed by atoms with Crippen LogP contribution in [0.4, 0.5) is 17.3 Å². The van der Waals surface area contributed by atoms with Gasteiger partial charge in [0, 0.05) is 37.4 Å². The first-order valence-electron chi connectivity index (χ1n) is 11.7. The molecule has 168 valence electrons. The third-order valence-electron chi connectivity index (χ3n) is 6.87. The Morgan fingerprint density at radius 3 is 2.56 bits per heavy atom. The zero-order valence-electron chi connectivity index (χ0n) is 18.7. The molecule has 0 saturated carbocycles. The van der Waals surface area contributed by atoms with E-state index >= 15 is 0 Å². The first kappa shape index (κ1) is 21.0. The number of aldehydes is 1. The number of piperidine rings is 1. The number of nitrogens with one attached hydrogen (secondary N) is 3. The molecule has 5 rings (SSSR count). The van der Waals surface area contributed by atoms with Crippen molar-refractivity contribution < 1.29 is 4.79 Å². The monoisotopic (exact) mass is 432 g/mol. The van der Waals surface area contributed by atoms with Crippen molar-refractivity contribution in [1.82, 2.24) is 20.5 Å². The van der Waals surface area contributed by atoms with E-state index in [4.69, 9.17) is 4.98 Å². The number of fused-ring (bicyclic) bond motifs is 1. The first-order chi connectivity index (χ1) is 15.7. The second kappa shape index (κ2) is 9.30. The molecule has 7 nitrogen and oxygen atoms in total. The van der Waals surface area contributed by atoms with Gasteiger partial charge in [-0.15, -0.1) is 0 Å². The molecule has 3 aliphatic rings. The smallest absolute Gasteiger partial charge is 0.146 e. The van der Waals surface area contributed by atoms with E-state index in [1.54, 1.807) is 0 Å². The molecule has 1 atom stereocenters. The van der Waals surface area contributed by atoms with Crippen molar-refractivity contribution >= 4 is 29.7 Å². The summed E-state index contributed by atoms with van der Waals surface area (Å²) in [7, 11) is 2.15. The van der Waals surface area contributed by atoms with Crippen LogP contribution in [0.3, 0.4) is 0 Å². The lowest BCUT2D eigenvalue weighted by molar-refractivity contribution is -0.109. The molecule has 3 N–H and O–H groups in total. The minimum absolute atomic E-state index is 0.402. The Hall–Kier alpha value is -2.90. The molecule has 7 heteroatoms. The summed E-state index contributed by atoms with van der Waals surface area (Å²) in [5.74, 6) is 2.34. The van der Waals surface area contributed by atoms with Crippen molar-refractivity contribution in [3.8, 4) is 0 Å². The molecule has 3 aliphatic heterocycles. The van der Waals surface area contributed by atoms with Crippen molar-refractivity contribution in [3.05, 3.63) is 53.2 Å². The highest BCUT2D eigenvalue weighted by Crippen LogP contribution is 2.34. The lowest BCUT2D eigenvalue weighted by atomic mass is 9.90. The summed E-state index contributed by atoms with van der Waals surface area (Å²) in [4.78, 5) is 21.5. The number of aromatic nitrogens is 1. The van der Waals surface area contributed by atoms with Gasteiger partial charge in [-0.05, 0) is 80.5 Å². The van der Waals surface area contributed by atoms with E-state index in [2.05, 4.69) is 63.1 Å². The number of anilines is 3. The Balaban J connectivity index is 1.44. The average molecular weight is 433 g/mol. The highest BCUT2D eigenvalue weighted by Gasteiger charge is 2.25. The molecule has 0 amide bonds. The van der Waals surface area contributed by atoms with E-state index in [1.807, 2.05) is 12.3 Å². The third-order valence-corrected chi connectivity index (χ3v) is 6.87. The SMILES string of the molecule is CN1CCN(c2cc3c(c(Nc4ccc(C5CCNCC5)cc4)n2)C(C=O)NC=C3)CC1. The number of piperazine rings is 1. The van der Waals surface area contributed by atoms with Crippen molar-refractivity contribution in [2.75, 3.05) is 56.5 Å². The molecule has 0 aliphatic carbocycles. The highest BCUT2D eigenvalue weighted by atomic mass is 16.1. The van der Waals surface area contributed by atoms with E-state index in [0.717, 1.165) is 74.0 Å². The van der Waals surface area contributed by atoms with Crippen LogP contribution in [-0.2, 0) is 4.79 Å². The number of carbonyl (C=O) groups excluding carboxylic acids is 1. The van der Waals surface area contributed by atoms with Crippen molar-refractivity contribution in [3.63, 3.8) is 0 Å². The fourth-order valence-corrected chi connectivity index (χ4v) is 4.88. The number of hydrogen-bond donors (Lipinski definition) is 3. The number of hydrogen-bond acceptors (Lipinski definition) is 7. The van der Waals surface area contributed by atoms with E-state index < -0.39 is 6.04 Å². The summed E-state index contributed by atoms with van der Waals surface area (Å²) in [6.07, 6.45) is 7.21. The lowest BCUT2D eigenvalue weighted by Gasteiger charge is -2.34. The molecule has 0 spiro atoms. The Morgan fingerprint density at radius 2 is 1.84 bits per heavy atom. The molecular formula is C25H32N6O. The Bertz CT molecular complexity index is 975. The van der Waals surface area contributed by atoms with Gasteiger partial charge in [0.2, 0.25) is 0 Å². The maximum absolute atomic E-state index is 11.8. The van der Waals surface area contributed by atoms with E-state index in [1.165, 1.54) is 18.4 Å². The molecule has 2 fully saturated rings. The molecule has 1 unspecified atom stereocenters. The molecule has 32 heavy (non-hydrogen) atoms. The maximum atomic E-state index is 11.8. The van der Waals surface area contributed by atoms with Crippen molar-refractivity contribution in [2.24, 2.45) is 0 Å². The zero-order chi connectivity index (χ0) is 21.9. The van der Waals surface area contributed by atoms with Crippen LogP contribution in [0.1, 0.15) is 41.5 Å². The quantitative estimate of drug-likeness (QED) is 0.628. The predicted octanol–water partition coefficient (Wildman–Crippen LogP) is 2.86. The summed E-state index contributed by atoms with van der Waals surface area (Å²) < 4.78 is 0. The van der Waals surface area contributed by atoms with Crippen LogP contribution in [0.2, 0.25) is 0 Å². The number of rotatable bonds is 5. The van der Waals surface area contributed by atoms with Crippen LogP contribution in [0.15, 0.2) is 36.5 Å². The van der Waals surface area contributed by atoms with Gasteiger partial charge in [-0.25, -0.2) is 4.98 Å². The molecule has 4 heterocycles. The minimum Gasteiger partial charge on any atom is -0.378 e. The first-order valence-corrected chi connectivity index (χ1v) is 11.7. The number of benzene rings is 1. The van der Waals surface area contributed by atoms with Gasteiger partial charge in [-0.1, -0.05) is 12.1 Å². The van der Waals surface area contributed by atoms with Gasteiger partial charge in [-0.3, -0.25) is 0 Å². The standard InChI is InChI=1S/C25H32N6O/c1-30-12-14-31(15-13-30)23-16-20-8-11-27-22(17-32)24(20)25(29-23)28-21-4-2-18(3-5-21)19-6-9-26-10-7-19/h2-5,8,11,16-17,19,22,26-27H,6-7,9-10,12-15H2,1H3,(H,28,29). The lowest BCUT2D eigenvalue weighted by Crippen LogP contribution is -2.45. The van der Waals surface area contributed by atoms with Gasteiger partial charge >= 0.3 is 0 Å². The summed E-state index contributed by atoms with van der Waals surface area (Å²) in [6.45, 7) is 6.13. The second-order valence-corrected chi connectivity index (χ2v) is 9.01. The van der Waals surface area contributed by atoms with Crippen LogP contribution < -0.4 is 20.9 Å². The second-order valence-electron chi connectivity index (χ2n) is 9.01. The van der Waals surface area contributed by atoms with Crippen LogP contribution >= 0.6 is 0 Å². The highest BCUT2D eigenvalue weighted by molar-refractivity contribution is 5.78. The van der Waals surface area contributed by atoms with E-state index in [-0.39, 0.29) is 0 Å². The van der Waals surface area contributed by atoms with Gasteiger partial charge < -0.3 is 30.5 Å². The zero-order valence-corrected chi connectivity index (χ0v) is 18.7. The minimum atomic E-state index is -0.402. The van der Waals surface area contributed by atoms with Gasteiger partial charge in [0.25, 0.3) is 0 Å². The number of nitrogens with zero attached hydrogens (tertiary/aromatic N) is 3. The summed E-state index contributed by atoms with van der Waals surface area (Å²) in [5, 5.41) is 10.1. The van der Waals surface area contributed by atoms with Gasteiger partial charge in [0.1, 0.15) is 24.0 Å². The molecule has 1 aromatic heterocycles. The number of carbonyl (C=O) groups is 1. The predicted molar refractivity (Wildman–Crippen MR) is 129 cm³/mol. The summed E-state index contributed by atoms with van der Waals surface area (Å²) >= 11 is 0. The fourth-order valence-electron chi connectivity index (χ4n) is 4.88. The van der Waals surface area contributed by atoms with Crippen molar-refractivity contribution in [1.29, 1.82) is 0 Å². The maximum Gasteiger partial charge on any atom is 0.146 e. The molecule has 0 radical (unpaired) electrons.